The van der Waals surface area contributed by atoms with Crippen molar-refractivity contribution >= 4 is 5.69 Å². The molecule has 1 aromatic carbocycles. The number of benzene rings is 1. The predicted molar refractivity (Wildman–Crippen MR) is 79.2 cm³/mol. The lowest BCUT2D eigenvalue weighted by Gasteiger charge is -2.35. The maximum absolute atomic E-state index is 9.61. The number of anilines is 1. The zero-order chi connectivity index (χ0) is 13.9. The van der Waals surface area contributed by atoms with Crippen LogP contribution in [0.25, 0.3) is 0 Å². The standard InChI is InChI=1S/C16H23N3/c1-4-19(15-8-6-5-7-13(15)2)12-16(11-17,18-3)14-9-10-14/h5-8,14,18H,4,9-10,12H2,1-3H3. The number of nitriles is 1. The molecule has 1 unspecified atom stereocenters. The Morgan fingerprint density at radius 1 is 1.42 bits per heavy atom. The van der Waals surface area contributed by atoms with E-state index in [2.05, 4.69) is 54.4 Å². The summed E-state index contributed by atoms with van der Waals surface area (Å²) >= 11 is 0. The summed E-state index contributed by atoms with van der Waals surface area (Å²) < 4.78 is 0. The summed E-state index contributed by atoms with van der Waals surface area (Å²) in [7, 11) is 1.91. The van der Waals surface area contributed by atoms with Gasteiger partial charge in [-0.25, -0.2) is 0 Å². The third-order valence-electron chi connectivity index (χ3n) is 4.20. The highest BCUT2D eigenvalue weighted by Crippen LogP contribution is 2.40. The minimum atomic E-state index is -0.404. The lowest BCUT2D eigenvalue weighted by atomic mass is 9.94. The van der Waals surface area contributed by atoms with Crippen LogP contribution in [0.4, 0.5) is 5.69 Å². The van der Waals surface area contributed by atoms with Crippen molar-refractivity contribution in [3.63, 3.8) is 0 Å². The molecule has 0 heterocycles. The summed E-state index contributed by atoms with van der Waals surface area (Å²) in [4.78, 5) is 2.31. The summed E-state index contributed by atoms with van der Waals surface area (Å²) in [5.41, 5.74) is 2.10. The number of likely N-dealkylation sites (N-methyl/N-ethyl adjacent to an activating group) is 2. The van der Waals surface area contributed by atoms with Crippen molar-refractivity contribution in [1.82, 2.24) is 5.32 Å². The van der Waals surface area contributed by atoms with E-state index in [1.54, 1.807) is 0 Å². The minimum absolute atomic E-state index is 0.404. The zero-order valence-corrected chi connectivity index (χ0v) is 12.1. The molecule has 1 saturated carbocycles. The first-order valence-corrected chi connectivity index (χ1v) is 7.07. The molecule has 0 spiro atoms. The van der Waals surface area contributed by atoms with Gasteiger partial charge >= 0.3 is 0 Å². The first kappa shape index (κ1) is 13.9. The minimum Gasteiger partial charge on any atom is -0.369 e. The molecule has 0 bridgehead atoms. The third-order valence-corrected chi connectivity index (χ3v) is 4.20. The van der Waals surface area contributed by atoms with Crippen molar-refractivity contribution in [3.05, 3.63) is 29.8 Å². The van der Waals surface area contributed by atoms with E-state index in [4.69, 9.17) is 0 Å². The molecule has 0 aliphatic heterocycles. The van der Waals surface area contributed by atoms with Crippen molar-refractivity contribution in [3.8, 4) is 6.07 Å². The van der Waals surface area contributed by atoms with Gasteiger partial charge in [0.25, 0.3) is 0 Å². The number of para-hydroxylation sites is 1. The molecular weight excluding hydrogens is 234 g/mol. The second kappa shape index (κ2) is 5.63. The molecule has 2 rings (SSSR count). The molecule has 3 nitrogen and oxygen atoms in total. The molecule has 1 fully saturated rings. The number of hydrogen-bond acceptors (Lipinski definition) is 3. The Kier molecular flexibility index (Phi) is 4.11. The first-order valence-electron chi connectivity index (χ1n) is 7.07. The molecule has 0 aromatic heterocycles. The fourth-order valence-corrected chi connectivity index (χ4v) is 2.76. The molecule has 1 aliphatic carbocycles. The Balaban J connectivity index is 2.24. The fraction of sp³-hybridized carbons (Fsp3) is 0.562. The molecule has 3 heteroatoms. The fourth-order valence-electron chi connectivity index (χ4n) is 2.76. The Labute approximate surface area is 116 Å². The van der Waals surface area contributed by atoms with Crippen molar-refractivity contribution in [1.29, 1.82) is 5.26 Å². The van der Waals surface area contributed by atoms with Gasteiger partial charge < -0.3 is 10.2 Å². The monoisotopic (exact) mass is 257 g/mol. The first-order chi connectivity index (χ1) is 9.16. The molecule has 0 amide bonds. The summed E-state index contributed by atoms with van der Waals surface area (Å²) in [5.74, 6) is 0.501. The van der Waals surface area contributed by atoms with Gasteiger partial charge in [-0.2, -0.15) is 5.26 Å². The van der Waals surface area contributed by atoms with Crippen LogP contribution < -0.4 is 10.2 Å². The van der Waals surface area contributed by atoms with Gasteiger partial charge in [0.2, 0.25) is 0 Å². The van der Waals surface area contributed by atoms with Gasteiger partial charge in [0, 0.05) is 18.8 Å². The second-order valence-electron chi connectivity index (χ2n) is 5.41. The van der Waals surface area contributed by atoms with Crippen molar-refractivity contribution < 1.29 is 0 Å². The average Bonchev–Trinajstić information content (AvgIpc) is 3.27. The molecule has 0 saturated heterocycles. The maximum atomic E-state index is 9.61. The molecular formula is C16H23N3. The van der Waals surface area contributed by atoms with E-state index in [0.29, 0.717) is 5.92 Å². The van der Waals surface area contributed by atoms with E-state index in [1.165, 1.54) is 24.1 Å². The van der Waals surface area contributed by atoms with Crippen LogP contribution in [0.1, 0.15) is 25.3 Å². The lowest BCUT2D eigenvalue weighted by molar-refractivity contribution is 0.393. The second-order valence-corrected chi connectivity index (χ2v) is 5.41. The van der Waals surface area contributed by atoms with Crippen LogP contribution in [0.15, 0.2) is 24.3 Å². The predicted octanol–water partition coefficient (Wildman–Crippen LogP) is 2.71. The third kappa shape index (κ3) is 2.74. The topological polar surface area (TPSA) is 39.1 Å². The largest absolute Gasteiger partial charge is 0.369 e. The van der Waals surface area contributed by atoms with E-state index in [1.807, 2.05) is 7.05 Å². The maximum Gasteiger partial charge on any atom is 0.126 e. The van der Waals surface area contributed by atoms with Crippen LogP contribution in [0.3, 0.4) is 0 Å². The molecule has 1 N–H and O–H groups in total. The molecule has 19 heavy (non-hydrogen) atoms. The van der Waals surface area contributed by atoms with Crippen molar-refractivity contribution in [2.75, 3.05) is 25.0 Å². The van der Waals surface area contributed by atoms with E-state index in [-0.39, 0.29) is 0 Å². The number of aryl methyl sites for hydroxylation is 1. The average molecular weight is 257 g/mol. The van der Waals surface area contributed by atoms with Crippen LogP contribution in [0.2, 0.25) is 0 Å². The zero-order valence-electron chi connectivity index (χ0n) is 12.1. The highest BCUT2D eigenvalue weighted by Gasteiger charge is 2.45. The van der Waals surface area contributed by atoms with Crippen LogP contribution >= 0.6 is 0 Å². The van der Waals surface area contributed by atoms with Crippen LogP contribution in [0, 0.1) is 24.2 Å². The Bertz CT molecular complexity index is 473. The van der Waals surface area contributed by atoms with Gasteiger partial charge in [0.1, 0.15) is 5.54 Å². The molecule has 0 radical (unpaired) electrons. The van der Waals surface area contributed by atoms with Gasteiger partial charge in [-0.15, -0.1) is 0 Å². The lowest BCUT2D eigenvalue weighted by Crippen LogP contribution is -2.53. The number of rotatable bonds is 6. The Hall–Kier alpha value is -1.53. The van der Waals surface area contributed by atoms with E-state index >= 15 is 0 Å². The number of nitrogens with zero attached hydrogens (tertiary/aromatic N) is 2. The molecule has 1 aromatic rings. The van der Waals surface area contributed by atoms with E-state index in [0.717, 1.165) is 13.1 Å². The van der Waals surface area contributed by atoms with Gasteiger partial charge in [0.05, 0.1) is 6.07 Å². The normalized spacial score (nSPS) is 17.6. The van der Waals surface area contributed by atoms with Crippen LogP contribution in [-0.2, 0) is 0 Å². The SMILES string of the molecule is CCN(CC(C#N)(NC)C1CC1)c1ccccc1C. The van der Waals surface area contributed by atoms with Gasteiger partial charge in [-0.05, 0) is 51.3 Å². The highest BCUT2D eigenvalue weighted by atomic mass is 15.2. The Morgan fingerprint density at radius 2 is 2.11 bits per heavy atom. The smallest absolute Gasteiger partial charge is 0.126 e. The number of hydrogen-bond donors (Lipinski definition) is 1. The summed E-state index contributed by atoms with van der Waals surface area (Å²) in [6, 6.07) is 10.9. The molecule has 1 aliphatic rings. The van der Waals surface area contributed by atoms with Gasteiger partial charge in [-0.3, -0.25) is 0 Å². The molecule has 1 atom stereocenters. The van der Waals surface area contributed by atoms with Gasteiger partial charge in [0.15, 0.2) is 0 Å². The van der Waals surface area contributed by atoms with Gasteiger partial charge in [-0.1, -0.05) is 18.2 Å². The van der Waals surface area contributed by atoms with Crippen LogP contribution in [0.5, 0.6) is 0 Å². The van der Waals surface area contributed by atoms with Crippen molar-refractivity contribution in [2.45, 2.75) is 32.2 Å². The summed E-state index contributed by atoms with van der Waals surface area (Å²) in [6.07, 6.45) is 2.33. The van der Waals surface area contributed by atoms with Crippen LogP contribution in [-0.4, -0.2) is 25.7 Å². The molecule has 102 valence electrons. The summed E-state index contributed by atoms with van der Waals surface area (Å²) in [6.45, 7) is 5.95. The quantitative estimate of drug-likeness (QED) is 0.851. The van der Waals surface area contributed by atoms with E-state index < -0.39 is 5.54 Å². The van der Waals surface area contributed by atoms with Crippen molar-refractivity contribution in [2.24, 2.45) is 5.92 Å². The highest BCUT2D eigenvalue weighted by molar-refractivity contribution is 5.53. The van der Waals surface area contributed by atoms with E-state index in [9.17, 15) is 5.26 Å². The number of nitrogens with one attached hydrogen (secondary N) is 1. The Morgan fingerprint density at radius 3 is 2.58 bits per heavy atom. The summed E-state index contributed by atoms with van der Waals surface area (Å²) in [5, 5.41) is 12.9.